The molecule has 1 aliphatic heterocycles. The van der Waals surface area contributed by atoms with E-state index in [1.807, 2.05) is 24.0 Å². The Morgan fingerprint density at radius 2 is 1.50 bits per heavy atom. The number of piperidine rings is 1. The van der Waals surface area contributed by atoms with E-state index in [-0.39, 0.29) is 30.5 Å². The molecule has 160 valence electrons. The van der Waals surface area contributed by atoms with Crippen molar-refractivity contribution < 1.29 is 19.1 Å². The number of amides is 2. The fourth-order valence-corrected chi connectivity index (χ4v) is 3.84. The molecule has 1 aliphatic rings. The van der Waals surface area contributed by atoms with Crippen LogP contribution in [-0.2, 0) is 4.79 Å². The fraction of sp³-hybridized carbons (Fsp3) is 0.417. The van der Waals surface area contributed by atoms with E-state index in [0.29, 0.717) is 23.6 Å². The van der Waals surface area contributed by atoms with Crippen molar-refractivity contribution in [1.82, 2.24) is 4.90 Å². The number of carbonyl (C=O) groups is 2. The van der Waals surface area contributed by atoms with Gasteiger partial charge in [0, 0.05) is 23.3 Å². The number of nitrogens with one attached hydrogen (secondary N) is 1. The van der Waals surface area contributed by atoms with E-state index in [4.69, 9.17) is 9.47 Å². The second-order valence-electron chi connectivity index (χ2n) is 7.65. The number of rotatable bonds is 7. The molecule has 2 unspecified atom stereocenters. The summed E-state index contributed by atoms with van der Waals surface area (Å²) in [5, 5.41) is 2.85. The minimum absolute atomic E-state index is 0.00635. The van der Waals surface area contributed by atoms with E-state index in [9.17, 15) is 9.59 Å². The summed E-state index contributed by atoms with van der Waals surface area (Å²) >= 11 is 0. The molecule has 3 rings (SSSR count). The van der Waals surface area contributed by atoms with Gasteiger partial charge in [-0.2, -0.15) is 0 Å². The Kier molecular flexibility index (Phi) is 7.33. The molecule has 0 aliphatic carbocycles. The van der Waals surface area contributed by atoms with Crippen LogP contribution in [0.1, 0.15) is 50.4 Å². The molecule has 2 amide bonds. The van der Waals surface area contributed by atoms with E-state index in [2.05, 4.69) is 19.2 Å². The summed E-state index contributed by atoms with van der Waals surface area (Å²) in [7, 11) is 0. The van der Waals surface area contributed by atoms with Crippen molar-refractivity contribution in [2.75, 3.05) is 18.5 Å². The van der Waals surface area contributed by atoms with Crippen molar-refractivity contribution in [2.45, 2.75) is 52.1 Å². The molecule has 30 heavy (non-hydrogen) atoms. The van der Waals surface area contributed by atoms with Crippen molar-refractivity contribution in [1.29, 1.82) is 0 Å². The maximum Gasteiger partial charge on any atom is 0.260 e. The van der Waals surface area contributed by atoms with Crippen molar-refractivity contribution in [3.63, 3.8) is 0 Å². The number of nitrogens with zero attached hydrogens (tertiary/aromatic N) is 1. The predicted molar refractivity (Wildman–Crippen MR) is 117 cm³/mol. The smallest absolute Gasteiger partial charge is 0.260 e. The second kappa shape index (κ2) is 10.1. The molecule has 0 spiro atoms. The topological polar surface area (TPSA) is 67.9 Å². The van der Waals surface area contributed by atoms with Crippen molar-refractivity contribution >= 4 is 17.5 Å². The molecule has 0 saturated carbocycles. The molecular formula is C24H30N2O4. The maximum absolute atomic E-state index is 12.6. The number of ether oxygens (including phenoxy) is 2. The number of likely N-dealkylation sites (tertiary alicyclic amines) is 1. The summed E-state index contributed by atoms with van der Waals surface area (Å²) in [6.45, 7) is 6.71. The Morgan fingerprint density at radius 1 is 0.933 bits per heavy atom. The van der Waals surface area contributed by atoms with Gasteiger partial charge in [0.05, 0.1) is 6.61 Å². The standard InChI is InChI=1S/C24H30N2O4/c1-4-29-21-14-10-20(11-15-21)25-24(28)19-8-12-22(13-9-19)30-16-23(27)26-17(2)6-5-7-18(26)3/h8-15,17-18H,4-7,16H2,1-3H3,(H,25,28). The Balaban J connectivity index is 1.52. The molecule has 2 aromatic carbocycles. The second-order valence-corrected chi connectivity index (χ2v) is 7.65. The molecule has 1 fully saturated rings. The first-order chi connectivity index (χ1) is 14.5. The molecule has 6 heteroatoms. The Hall–Kier alpha value is -3.02. The number of anilines is 1. The third-order valence-electron chi connectivity index (χ3n) is 5.38. The molecule has 0 aromatic heterocycles. The van der Waals surface area contributed by atoms with Gasteiger partial charge in [-0.3, -0.25) is 9.59 Å². The molecule has 2 aromatic rings. The monoisotopic (exact) mass is 410 g/mol. The average Bonchev–Trinajstić information content (AvgIpc) is 2.74. The minimum Gasteiger partial charge on any atom is -0.494 e. The number of benzene rings is 2. The van der Waals surface area contributed by atoms with Crippen LogP contribution >= 0.6 is 0 Å². The zero-order chi connectivity index (χ0) is 21.5. The molecule has 0 radical (unpaired) electrons. The van der Waals surface area contributed by atoms with Crippen LogP contribution in [0.25, 0.3) is 0 Å². The zero-order valence-electron chi connectivity index (χ0n) is 17.9. The first-order valence-corrected chi connectivity index (χ1v) is 10.6. The van der Waals surface area contributed by atoms with Gasteiger partial charge < -0.3 is 19.7 Å². The largest absolute Gasteiger partial charge is 0.494 e. The third-order valence-corrected chi connectivity index (χ3v) is 5.38. The third kappa shape index (κ3) is 5.53. The lowest BCUT2D eigenvalue weighted by atomic mass is 9.97. The first kappa shape index (κ1) is 21.7. The van der Waals surface area contributed by atoms with Crippen LogP contribution in [-0.4, -0.2) is 42.0 Å². The SMILES string of the molecule is CCOc1ccc(NC(=O)c2ccc(OCC(=O)N3C(C)CCCC3C)cc2)cc1. The predicted octanol–water partition coefficient (Wildman–Crippen LogP) is 4.51. The van der Waals surface area contributed by atoms with E-state index < -0.39 is 0 Å². The highest BCUT2D eigenvalue weighted by molar-refractivity contribution is 6.04. The van der Waals surface area contributed by atoms with Gasteiger partial charge in [-0.15, -0.1) is 0 Å². The summed E-state index contributed by atoms with van der Waals surface area (Å²) in [6.07, 6.45) is 3.23. The molecule has 1 saturated heterocycles. The van der Waals surface area contributed by atoms with E-state index in [1.165, 1.54) is 0 Å². The van der Waals surface area contributed by atoms with E-state index in [1.54, 1.807) is 36.4 Å². The van der Waals surface area contributed by atoms with Gasteiger partial charge in [-0.1, -0.05) is 0 Å². The van der Waals surface area contributed by atoms with Crippen molar-refractivity contribution in [3.05, 3.63) is 54.1 Å². The van der Waals surface area contributed by atoms with Crippen molar-refractivity contribution in [2.24, 2.45) is 0 Å². The van der Waals surface area contributed by atoms with E-state index in [0.717, 1.165) is 25.0 Å². The van der Waals surface area contributed by atoms with Crippen LogP contribution in [0.2, 0.25) is 0 Å². The summed E-state index contributed by atoms with van der Waals surface area (Å²) in [4.78, 5) is 26.9. The van der Waals surface area contributed by atoms with E-state index >= 15 is 0 Å². The van der Waals surface area contributed by atoms with Crippen molar-refractivity contribution in [3.8, 4) is 11.5 Å². The van der Waals surface area contributed by atoms with Gasteiger partial charge in [-0.25, -0.2) is 0 Å². The highest BCUT2D eigenvalue weighted by atomic mass is 16.5. The summed E-state index contributed by atoms with van der Waals surface area (Å²) < 4.78 is 11.1. The van der Waals surface area contributed by atoms with Gasteiger partial charge in [0.25, 0.3) is 11.8 Å². The minimum atomic E-state index is -0.210. The molecule has 1 N–H and O–H groups in total. The Bertz CT molecular complexity index is 839. The van der Waals surface area contributed by atoms with Crippen LogP contribution in [0.3, 0.4) is 0 Å². The maximum atomic E-state index is 12.6. The summed E-state index contributed by atoms with van der Waals surface area (Å²) in [6, 6.07) is 14.5. The fourth-order valence-electron chi connectivity index (χ4n) is 3.84. The first-order valence-electron chi connectivity index (χ1n) is 10.6. The number of hydrogen-bond donors (Lipinski definition) is 1. The number of carbonyl (C=O) groups excluding carboxylic acids is 2. The van der Waals surface area contributed by atoms with Gasteiger partial charge in [0.1, 0.15) is 11.5 Å². The molecule has 1 heterocycles. The van der Waals surface area contributed by atoms with Gasteiger partial charge in [0.15, 0.2) is 6.61 Å². The van der Waals surface area contributed by atoms with Gasteiger partial charge >= 0.3 is 0 Å². The van der Waals surface area contributed by atoms with Crippen LogP contribution in [0.4, 0.5) is 5.69 Å². The molecular weight excluding hydrogens is 380 g/mol. The lowest BCUT2D eigenvalue weighted by Crippen LogP contribution is -2.49. The van der Waals surface area contributed by atoms with Crippen LogP contribution in [0.5, 0.6) is 11.5 Å². The van der Waals surface area contributed by atoms with Crippen LogP contribution in [0, 0.1) is 0 Å². The van der Waals surface area contributed by atoms with Crippen LogP contribution < -0.4 is 14.8 Å². The van der Waals surface area contributed by atoms with Gasteiger partial charge in [0.2, 0.25) is 0 Å². The van der Waals surface area contributed by atoms with Crippen LogP contribution in [0.15, 0.2) is 48.5 Å². The summed E-state index contributed by atoms with van der Waals surface area (Å²) in [5.74, 6) is 1.13. The molecule has 2 atom stereocenters. The highest BCUT2D eigenvalue weighted by Gasteiger charge is 2.28. The summed E-state index contributed by atoms with van der Waals surface area (Å²) in [5.41, 5.74) is 1.21. The quantitative estimate of drug-likeness (QED) is 0.729. The highest BCUT2D eigenvalue weighted by Crippen LogP contribution is 2.23. The molecule has 0 bridgehead atoms. The number of hydrogen-bond acceptors (Lipinski definition) is 4. The molecule has 6 nitrogen and oxygen atoms in total. The average molecular weight is 411 g/mol. The zero-order valence-corrected chi connectivity index (χ0v) is 17.9. The lowest BCUT2D eigenvalue weighted by molar-refractivity contribution is -0.139. The normalized spacial score (nSPS) is 18.6. The van der Waals surface area contributed by atoms with Gasteiger partial charge in [-0.05, 0) is 88.6 Å². The Labute approximate surface area is 178 Å². The Morgan fingerprint density at radius 3 is 2.10 bits per heavy atom. The lowest BCUT2D eigenvalue weighted by Gasteiger charge is -2.38.